The molecule has 36 heavy (non-hydrogen) atoms. The van der Waals surface area contributed by atoms with Crippen molar-refractivity contribution in [2.75, 3.05) is 36.6 Å². The van der Waals surface area contributed by atoms with E-state index < -0.39 is 30.1 Å². The number of imide groups is 1. The molecule has 2 aliphatic heterocycles. The largest absolute Gasteiger partial charge is 0.497 e. The number of morpholine rings is 1. The Labute approximate surface area is 213 Å². The van der Waals surface area contributed by atoms with Crippen LogP contribution in [-0.4, -0.2) is 55.1 Å². The van der Waals surface area contributed by atoms with Crippen LogP contribution in [0, 0.1) is 0 Å². The first kappa shape index (κ1) is 24.1. The zero-order valence-corrected chi connectivity index (χ0v) is 20.3. The SMILES string of the molecule is COc1cccc(C(O)C2CN(c3ccccc3C3C(=O)N(C(=O)O)c4cc(Cl)ccc43)CCO2)c1. The minimum atomic E-state index is -1.35. The fourth-order valence-corrected chi connectivity index (χ4v) is 5.14. The van der Waals surface area contributed by atoms with E-state index in [2.05, 4.69) is 4.90 Å². The number of para-hydroxylation sites is 1. The van der Waals surface area contributed by atoms with Gasteiger partial charge in [-0.25, -0.2) is 9.69 Å². The Bertz CT molecular complexity index is 1310. The van der Waals surface area contributed by atoms with Gasteiger partial charge in [0.2, 0.25) is 5.91 Å². The summed E-state index contributed by atoms with van der Waals surface area (Å²) < 4.78 is 11.2. The zero-order valence-electron chi connectivity index (χ0n) is 19.5. The van der Waals surface area contributed by atoms with Crippen molar-refractivity contribution in [3.8, 4) is 5.75 Å². The molecular weight excluding hydrogens is 484 g/mol. The molecule has 2 aliphatic rings. The van der Waals surface area contributed by atoms with Gasteiger partial charge < -0.3 is 24.6 Å². The number of hydrogen-bond acceptors (Lipinski definition) is 6. The van der Waals surface area contributed by atoms with Crippen molar-refractivity contribution in [3.05, 3.63) is 88.4 Å². The monoisotopic (exact) mass is 508 g/mol. The third kappa shape index (κ3) is 4.28. The Morgan fingerprint density at radius 2 is 1.86 bits per heavy atom. The smallest absolute Gasteiger partial charge is 0.418 e. The number of methoxy groups -OCH3 is 1. The predicted octanol–water partition coefficient (Wildman–Crippen LogP) is 4.44. The summed E-state index contributed by atoms with van der Waals surface area (Å²) in [5.74, 6) is -0.700. The summed E-state index contributed by atoms with van der Waals surface area (Å²) in [7, 11) is 1.57. The molecule has 3 unspecified atom stereocenters. The molecule has 0 aromatic heterocycles. The summed E-state index contributed by atoms with van der Waals surface area (Å²) in [6.07, 6.45) is -2.75. The summed E-state index contributed by atoms with van der Waals surface area (Å²) in [6.45, 7) is 1.31. The van der Waals surface area contributed by atoms with E-state index in [1.54, 1.807) is 25.3 Å². The number of fused-ring (bicyclic) bond motifs is 1. The molecule has 0 spiro atoms. The van der Waals surface area contributed by atoms with Gasteiger partial charge in [0.25, 0.3) is 0 Å². The Balaban J connectivity index is 1.48. The number of carbonyl (C=O) groups is 2. The van der Waals surface area contributed by atoms with Crippen LogP contribution in [0.25, 0.3) is 0 Å². The maximum Gasteiger partial charge on any atom is 0.418 e. The van der Waals surface area contributed by atoms with Crippen molar-refractivity contribution in [3.63, 3.8) is 0 Å². The molecule has 5 rings (SSSR count). The highest BCUT2D eigenvalue weighted by Gasteiger charge is 2.43. The molecule has 3 atom stereocenters. The zero-order chi connectivity index (χ0) is 25.4. The highest BCUT2D eigenvalue weighted by Crippen LogP contribution is 2.45. The molecule has 2 amide bonds. The van der Waals surface area contributed by atoms with Gasteiger partial charge in [-0.05, 0) is 47.0 Å². The van der Waals surface area contributed by atoms with Crippen LogP contribution in [0.4, 0.5) is 16.2 Å². The first-order valence-electron chi connectivity index (χ1n) is 11.5. The van der Waals surface area contributed by atoms with Gasteiger partial charge in [0, 0.05) is 23.8 Å². The summed E-state index contributed by atoms with van der Waals surface area (Å²) in [6, 6.07) is 19.5. The fraction of sp³-hybridized carbons (Fsp3) is 0.259. The average Bonchev–Trinajstić information content (AvgIpc) is 3.19. The van der Waals surface area contributed by atoms with Crippen LogP contribution >= 0.6 is 11.6 Å². The van der Waals surface area contributed by atoms with E-state index >= 15 is 0 Å². The summed E-state index contributed by atoms with van der Waals surface area (Å²) in [5.41, 5.74) is 3.01. The predicted molar refractivity (Wildman–Crippen MR) is 135 cm³/mol. The number of benzene rings is 3. The normalized spacial score (nSPS) is 20.2. The van der Waals surface area contributed by atoms with E-state index in [0.717, 1.165) is 10.6 Å². The minimum Gasteiger partial charge on any atom is -0.497 e. The van der Waals surface area contributed by atoms with Crippen LogP contribution in [0.2, 0.25) is 5.02 Å². The number of aliphatic hydroxyl groups is 1. The molecule has 2 heterocycles. The number of carboxylic acid groups (broad SMARTS) is 1. The van der Waals surface area contributed by atoms with Crippen LogP contribution in [0.15, 0.2) is 66.7 Å². The first-order valence-corrected chi connectivity index (χ1v) is 11.9. The molecule has 1 saturated heterocycles. The van der Waals surface area contributed by atoms with Crippen LogP contribution < -0.4 is 14.5 Å². The van der Waals surface area contributed by atoms with Crippen molar-refractivity contribution in [1.29, 1.82) is 0 Å². The number of hydrogen-bond donors (Lipinski definition) is 2. The lowest BCUT2D eigenvalue weighted by molar-refractivity contribution is -0.118. The Kier molecular flexibility index (Phi) is 6.57. The molecule has 8 nitrogen and oxygen atoms in total. The molecule has 9 heteroatoms. The average molecular weight is 509 g/mol. The Hall–Kier alpha value is -3.59. The van der Waals surface area contributed by atoms with Gasteiger partial charge in [-0.2, -0.15) is 0 Å². The Morgan fingerprint density at radius 3 is 2.64 bits per heavy atom. The van der Waals surface area contributed by atoms with E-state index in [1.165, 1.54) is 6.07 Å². The number of rotatable bonds is 5. The van der Waals surface area contributed by atoms with Crippen LogP contribution in [0.3, 0.4) is 0 Å². The second-order valence-electron chi connectivity index (χ2n) is 8.73. The molecule has 2 N–H and O–H groups in total. The molecule has 3 aromatic carbocycles. The number of nitrogens with zero attached hydrogens (tertiary/aromatic N) is 2. The second kappa shape index (κ2) is 9.81. The number of carbonyl (C=O) groups excluding carboxylic acids is 1. The van der Waals surface area contributed by atoms with E-state index in [9.17, 15) is 19.8 Å². The summed E-state index contributed by atoms with van der Waals surface area (Å²) in [4.78, 5) is 28.2. The van der Waals surface area contributed by atoms with Crippen molar-refractivity contribution >= 4 is 35.0 Å². The van der Waals surface area contributed by atoms with Gasteiger partial charge in [-0.1, -0.05) is 48.0 Å². The van der Waals surface area contributed by atoms with Crippen molar-refractivity contribution in [1.82, 2.24) is 0 Å². The lowest BCUT2D eigenvalue weighted by Gasteiger charge is -2.38. The van der Waals surface area contributed by atoms with Gasteiger partial charge in [0.05, 0.1) is 25.3 Å². The summed E-state index contributed by atoms with van der Waals surface area (Å²) >= 11 is 6.12. The quantitative estimate of drug-likeness (QED) is 0.525. The van der Waals surface area contributed by atoms with E-state index in [0.29, 0.717) is 47.2 Å². The van der Waals surface area contributed by atoms with E-state index in [1.807, 2.05) is 42.5 Å². The maximum absolute atomic E-state index is 13.4. The van der Waals surface area contributed by atoms with Crippen molar-refractivity contribution < 1.29 is 29.3 Å². The van der Waals surface area contributed by atoms with Crippen molar-refractivity contribution in [2.24, 2.45) is 0 Å². The van der Waals surface area contributed by atoms with Crippen LogP contribution in [-0.2, 0) is 9.53 Å². The molecule has 0 saturated carbocycles. The van der Waals surface area contributed by atoms with E-state index in [4.69, 9.17) is 21.1 Å². The molecular formula is C27H25ClN2O6. The maximum atomic E-state index is 13.4. The topological polar surface area (TPSA) is 99.5 Å². The van der Waals surface area contributed by atoms with E-state index in [-0.39, 0.29) is 5.69 Å². The van der Waals surface area contributed by atoms with Crippen molar-refractivity contribution in [2.45, 2.75) is 18.1 Å². The molecule has 0 bridgehead atoms. The molecule has 0 aliphatic carbocycles. The molecule has 1 fully saturated rings. The third-order valence-corrected chi connectivity index (χ3v) is 6.91. The molecule has 0 radical (unpaired) electrons. The lowest BCUT2D eigenvalue weighted by atomic mass is 9.90. The Morgan fingerprint density at radius 1 is 1.08 bits per heavy atom. The lowest BCUT2D eigenvalue weighted by Crippen LogP contribution is -2.45. The van der Waals surface area contributed by atoms with Crippen LogP contribution in [0.5, 0.6) is 5.75 Å². The highest BCUT2D eigenvalue weighted by atomic mass is 35.5. The number of aliphatic hydroxyl groups excluding tert-OH is 1. The second-order valence-corrected chi connectivity index (χ2v) is 9.16. The first-order chi connectivity index (χ1) is 17.4. The number of anilines is 2. The number of ether oxygens (including phenoxy) is 2. The standard InChI is InChI=1S/C27H25ClN2O6/c1-35-18-6-4-5-16(13-18)25(31)23-15-29(11-12-36-23)21-8-3-2-7-19(21)24-20-10-9-17(28)14-22(20)30(26(24)32)27(33)34/h2-10,13-14,23-25,31H,11-12,15H2,1H3,(H,33,34). The third-order valence-electron chi connectivity index (χ3n) is 6.67. The summed E-state index contributed by atoms with van der Waals surface area (Å²) in [5, 5.41) is 21.2. The van der Waals surface area contributed by atoms with Gasteiger partial charge in [0.1, 0.15) is 18.0 Å². The van der Waals surface area contributed by atoms with Gasteiger partial charge in [-0.15, -0.1) is 0 Å². The highest BCUT2D eigenvalue weighted by molar-refractivity contribution is 6.31. The number of halogens is 1. The molecule has 3 aromatic rings. The van der Waals surface area contributed by atoms with Crippen LogP contribution in [0.1, 0.15) is 28.7 Å². The number of amides is 2. The van der Waals surface area contributed by atoms with Gasteiger partial charge in [0.15, 0.2) is 0 Å². The molecule has 186 valence electrons. The fourth-order valence-electron chi connectivity index (χ4n) is 4.98. The minimum absolute atomic E-state index is 0.271. The van der Waals surface area contributed by atoms with Gasteiger partial charge in [-0.3, -0.25) is 4.79 Å². The van der Waals surface area contributed by atoms with Gasteiger partial charge >= 0.3 is 6.09 Å².